The van der Waals surface area contributed by atoms with Crippen molar-refractivity contribution in [2.75, 3.05) is 26.2 Å². The summed E-state index contributed by atoms with van der Waals surface area (Å²) in [6, 6.07) is 7.02. The Kier molecular flexibility index (Phi) is 5.54. The van der Waals surface area contributed by atoms with Gasteiger partial charge in [0.15, 0.2) is 4.96 Å². The molecule has 4 rings (SSSR count). The van der Waals surface area contributed by atoms with E-state index in [2.05, 4.69) is 37.7 Å². The number of aryl methyl sites for hydroxylation is 1. The van der Waals surface area contributed by atoms with Crippen molar-refractivity contribution in [1.29, 1.82) is 0 Å². The molecule has 27 heavy (non-hydrogen) atoms. The van der Waals surface area contributed by atoms with E-state index in [9.17, 15) is 9.50 Å². The summed E-state index contributed by atoms with van der Waals surface area (Å²) in [6.07, 6.45) is 2.84. The largest absolute Gasteiger partial charge is 0.396 e. The predicted molar refractivity (Wildman–Crippen MR) is 105 cm³/mol. The van der Waals surface area contributed by atoms with Crippen LogP contribution in [-0.4, -0.2) is 56.6 Å². The molecule has 1 saturated heterocycles. The van der Waals surface area contributed by atoms with Gasteiger partial charge in [0.25, 0.3) is 0 Å². The van der Waals surface area contributed by atoms with Gasteiger partial charge in [0.1, 0.15) is 5.82 Å². The van der Waals surface area contributed by atoms with Crippen molar-refractivity contribution in [2.24, 2.45) is 0 Å². The van der Waals surface area contributed by atoms with Crippen LogP contribution in [0.1, 0.15) is 23.4 Å². The number of thiazole rings is 1. The molecule has 0 radical (unpaired) electrons. The lowest BCUT2D eigenvalue weighted by atomic mass is 10.1. The highest BCUT2D eigenvalue weighted by Gasteiger charge is 2.27. The van der Waals surface area contributed by atoms with Crippen molar-refractivity contribution >= 4 is 16.3 Å². The number of fused-ring (bicyclic) bond motifs is 1. The van der Waals surface area contributed by atoms with Crippen molar-refractivity contribution in [3.8, 4) is 0 Å². The minimum atomic E-state index is -0.202. The zero-order valence-electron chi connectivity index (χ0n) is 15.5. The fourth-order valence-corrected chi connectivity index (χ4v) is 4.68. The van der Waals surface area contributed by atoms with E-state index in [4.69, 9.17) is 0 Å². The number of nitrogens with zero attached hydrogens (tertiary/aromatic N) is 4. The van der Waals surface area contributed by atoms with Crippen LogP contribution < -0.4 is 0 Å². The van der Waals surface area contributed by atoms with Gasteiger partial charge < -0.3 is 5.11 Å². The fraction of sp³-hybridized carbons (Fsp3) is 0.450. The Morgan fingerprint density at radius 2 is 2.04 bits per heavy atom. The van der Waals surface area contributed by atoms with Crippen molar-refractivity contribution in [1.82, 2.24) is 19.2 Å². The Balaban J connectivity index is 1.45. The molecule has 0 amide bonds. The Morgan fingerprint density at radius 1 is 1.22 bits per heavy atom. The quantitative estimate of drug-likeness (QED) is 0.705. The van der Waals surface area contributed by atoms with E-state index in [1.807, 2.05) is 12.1 Å². The average Bonchev–Trinajstić information content (AvgIpc) is 3.22. The van der Waals surface area contributed by atoms with Crippen LogP contribution in [0.5, 0.6) is 0 Å². The minimum Gasteiger partial charge on any atom is -0.396 e. The summed E-state index contributed by atoms with van der Waals surface area (Å²) >= 11 is 1.66. The maximum atomic E-state index is 13.2. The van der Waals surface area contributed by atoms with Crippen LogP contribution in [0.15, 0.2) is 35.8 Å². The van der Waals surface area contributed by atoms with Crippen LogP contribution in [0, 0.1) is 12.7 Å². The number of piperazine rings is 1. The molecule has 7 heteroatoms. The highest BCUT2D eigenvalue weighted by Crippen LogP contribution is 2.22. The average molecular weight is 389 g/mol. The molecule has 0 saturated carbocycles. The SMILES string of the molecule is Cc1nc2sccn2c1CN1CCN(Cc2ccc(F)cc2)[C@H](CCO)C1. The number of hydrogen-bond donors (Lipinski definition) is 1. The fourth-order valence-electron chi connectivity index (χ4n) is 3.90. The number of imidazole rings is 1. The third kappa shape index (κ3) is 4.06. The van der Waals surface area contributed by atoms with Gasteiger partial charge in [-0.25, -0.2) is 9.37 Å². The summed E-state index contributed by atoms with van der Waals surface area (Å²) in [6.45, 7) is 6.74. The molecular formula is C20H25FN4OS. The summed E-state index contributed by atoms with van der Waals surface area (Å²) < 4.78 is 15.3. The number of benzene rings is 1. The van der Waals surface area contributed by atoms with E-state index in [1.54, 1.807) is 11.3 Å². The molecule has 3 aromatic rings. The van der Waals surface area contributed by atoms with Crippen LogP contribution in [0.2, 0.25) is 0 Å². The van der Waals surface area contributed by atoms with Gasteiger partial charge in [-0.2, -0.15) is 0 Å². The molecule has 0 unspecified atom stereocenters. The van der Waals surface area contributed by atoms with Gasteiger partial charge in [0.05, 0.1) is 11.4 Å². The van der Waals surface area contributed by atoms with Gasteiger partial charge in [0, 0.05) is 56.9 Å². The summed E-state index contributed by atoms with van der Waals surface area (Å²) in [7, 11) is 0. The number of aliphatic hydroxyl groups is 1. The van der Waals surface area contributed by atoms with Gasteiger partial charge >= 0.3 is 0 Å². The zero-order valence-corrected chi connectivity index (χ0v) is 16.3. The third-order valence-electron chi connectivity index (χ3n) is 5.38. The highest BCUT2D eigenvalue weighted by molar-refractivity contribution is 7.15. The molecule has 5 nitrogen and oxygen atoms in total. The van der Waals surface area contributed by atoms with Crippen LogP contribution in [0.4, 0.5) is 4.39 Å². The predicted octanol–water partition coefficient (Wildman–Crippen LogP) is 2.91. The van der Waals surface area contributed by atoms with E-state index in [0.717, 1.165) is 55.4 Å². The smallest absolute Gasteiger partial charge is 0.194 e. The van der Waals surface area contributed by atoms with Crippen LogP contribution in [0.3, 0.4) is 0 Å². The minimum absolute atomic E-state index is 0.179. The second kappa shape index (κ2) is 8.06. The van der Waals surface area contributed by atoms with E-state index < -0.39 is 0 Å². The summed E-state index contributed by atoms with van der Waals surface area (Å²) in [4.78, 5) is 10.6. The molecule has 1 N–H and O–H groups in total. The lowest BCUT2D eigenvalue weighted by Crippen LogP contribution is -2.52. The lowest BCUT2D eigenvalue weighted by Gasteiger charge is -2.41. The first-order chi connectivity index (χ1) is 13.1. The van der Waals surface area contributed by atoms with E-state index in [0.29, 0.717) is 6.04 Å². The second-order valence-corrected chi connectivity index (χ2v) is 8.07. The number of aliphatic hydroxyl groups excluding tert-OH is 1. The van der Waals surface area contributed by atoms with Gasteiger partial charge in [-0.1, -0.05) is 12.1 Å². The lowest BCUT2D eigenvalue weighted by molar-refractivity contribution is 0.0492. The third-order valence-corrected chi connectivity index (χ3v) is 6.14. The molecule has 2 aromatic heterocycles. The van der Waals surface area contributed by atoms with E-state index in [1.165, 1.54) is 17.8 Å². The summed E-state index contributed by atoms with van der Waals surface area (Å²) in [5.74, 6) is -0.202. The molecule has 1 fully saturated rings. The molecular weight excluding hydrogens is 363 g/mol. The molecule has 1 atom stereocenters. The molecule has 1 aromatic carbocycles. The van der Waals surface area contributed by atoms with E-state index >= 15 is 0 Å². The van der Waals surface area contributed by atoms with Crippen LogP contribution in [-0.2, 0) is 13.1 Å². The number of hydrogen-bond acceptors (Lipinski definition) is 5. The molecule has 1 aliphatic rings. The Hall–Kier alpha value is -1.80. The van der Waals surface area contributed by atoms with Gasteiger partial charge in [-0.15, -0.1) is 11.3 Å². The molecule has 3 heterocycles. The Bertz CT molecular complexity index is 891. The van der Waals surface area contributed by atoms with Crippen molar-refractivity contribution in [3.05, 3.63) is 58.6 Å². The zero-order chi connectivity index (χ0) is 18.8. The van der Waals surface area contributed by atoms with Crippen molar-refractivity contribution < 1.29 is 9.50 Å². The molecule has 0 bridgehead atoms. The Morgan fingerprint density at radius 3 is 2.81 bits per heavy atom. The maximum Gasteiger partial charge on any atom is 0.194 e. The second-order valence-electron chi connectivity index (χ2n) is 7.20. The first kappa shape index (κ1) is 18.6. The first-order valence-corrected chi connectivity index (χ1v) is 10.2. The highest BCUT2D eigenvalue weighted by atomic mass is 32.1. The molecule has 0 spiro atoms. The van der Waals surface area contributed by atoms with Gasteiger partial charge in [-0.05, 0) is 31.0 Å². The molecule has 1 aliphatic heterocycles. The maximum absolute atomic E-state index is 13.2. The topological polar surface area (TPSA) is 44.0 Å². The summed E-state index contributed by atoms with van der Waals surface area (Å²) in [5, 5.41) is 11.6. The van der Waals surface area contributed by atoms with Crippen molar-refractivity contribution in [3.63, 3.8) is 0 Å². The standard InChI is InChI=1S/C20H25FN4OS/c1-15-19(25-9-11-27-20(25)22-15)14-23-7-8-24(18(13-23)6-10-26)12-16-2-4-17(21)5-3-16/h2-5,9,11,18,26H,6-8,10,12-14H2,1H3/t18-/m1/s1. The monoisotopic (exact) mass is 388 g/mol. The Labute approximate surface area is 162 Å². The van der Waals surface area contributed by atoms with E-state index in [-0.39, 0.29) is 12.4 Å². The number of rotatable bonds is 6. The van der Waals surface area contributed by atoms with Gasteiger partial charge in [-0.3, -0.25) is 14.2 Å². The normalized spacial score (nSPS) is 19.1. The van der Waals surface area contributed by atoms with Gasteiger partial charge in [0.2, 0.25) is 0 Å². The molecule has 144 valence electrons. The molecule has 0 aliphatic carbocycles. The van der Waals surface area contributed by atoms with Crippen LogP contribution in [0.25, 0.3) is 4.96 Å². The first-order valence-electron chi connectivity index (χ1n) is 9.37. The van der Waals surface area contributed by atoms with Crippen LogP contribution >= 0.6 is 11.3 Å². The summed E-state index contributed by atoms with van der Waals surface area (Å²) in [5.41, 5.74) is 3.45. The van der Waals surface area contributed by atoms with Crippen molar-refractivity contribution in [2.45, 2.75) is 32.5 Å². The number of halogens is 1. The number of aromatic nitrogens is 2.